The molecule has 31 heavy (non-hydrogen) atoms. The summed E-state index contributed by atoms with van der Waals surface area (Å²) in [6, 6.07) is 10.8. The van der Waals surface area contributed by atoms with Gasteiger partial charge in [0.15, 0.2) is 5.13 Å². The molecule has 0 saturated heterocycles. The maximum atomic E-state index is 12.2. The zero-order chi connectivity index (χ0) is 22.4. The molecule has 7 nitrogen and oxygen atoms in total. The molecular weight excluding hydrogens is 457 g/mol. The summed E-state index contributed by atoms with van der Waals surface area (Å²) in [6.45, 7) is 0. The lowest BCUT2D eigenvalue weighted by Crippen LogP contribution is -2.19. The summed E-state index contributed by atoms with van der Waals surface area (Å²) in [6.07, 6.45) is -4.87. The van der Waals surface area contributed by atoms with E-state index in [-0.39, 0.29) is 11.6 Å². The zero-order valence-electron chi connectivity index (χ0n) is 15.5. The molecule has 0 unspecified atom stereocenters. The van der Waals surface area contributed by atoms with Crippen LogP contribution in [0.25, 0.3) is 0 Å². The Bertz CT molecular complexity index is 1070. The number of amides is 3. The lowest BCUT2D eigenvalue weighted by Gasteiger charge is -2.09. The van der Waals surface area contributed by atoms with Crippen molar-refractivity contribution in [3.05, 3.63) is 64.6 Å². The fourth-order valence-corrected chi connectivity index (χ4v) is 3.28. The number of nitrogens with one attached hydrogen (secondary N) is 3. The molecule has 0 bridgehead atoms. The second-order valence-corrected chi connectivity index (χ2v) is 7.33. The summed E-state index contributed by atoms with van der Waals surface area (Å²) in [7, 11) is 0. The van der Waals surface area contributed by atoms with Crippen LogP contribution in [0.4, 0.5) is 34.5 Å². The fourth-order valence-electron chi connectivity index (χ4n) is 2.38. The van der Waals surface area contributed by atoms with Crippen molar-refractivity contribution in [3.63, 3.8) is 0 Å². The molecule has 3 N–H and O–H groups in total. The van der Waals surface area contributed by atoms with Gasteiger partial charge in [-0.2, -0.15) is 0 Å². The van der Waals surface area contributed by atoms with Crippen LogP contribution in [-0.4, -0.2) is 23.3 Å². The van der Waals surface area contributed by atoms with Gasteiger partial charge in [0.1, 0.15) is 5.75 Å². The van der Waals surface area contributed by atoms with Crippen LogP contribution in [0, 0.1) is 0 Å². The Hall–Kier alpha value is -3.31. The maximum Gasteiger partial charge on any atom is 0.573 e. The van der Waals surface area contributed by atoms with Crippen molar-refractivity contribution < 1.29 is 27.5 Å². The molecular formula is C19H14ClF3N4O3S. The minimum Gasteiger partial charge on any atom is -0.406 e. The Morgan fingerprint density at radius 2 is 1.77 bits per heavy atom. The first-order chi connectivity index (χ1) is 14.7. The first-order valence-electron chi connectivity index (χ1n) is 8.60. The van der Waals surface area contributed by atoms with Crippen molar-refractivity contribution in [3.8, 4) is 5.75 Å². The normalized spacial score (nSPS) is 11.0. The summed E-state index contributed by atoms with van der Waals surface area (Å²) in [5, 5.41) is 10.1. The largest absolute Gasteiger partial charge is 0.573 e. The fraction of sp³-hybridized carbons (Fsp3) is 0.105. The Labute approximate surface area is 183 Å². The molecule has 0 saturated carbocycles. The molecule has 3 rings (SSSR count). The van der Waals surface area contributed by atoms with Crippen molar-refractivity contribution in [1.82, 2.24) is 4.98 Å². The van der Waals surface area contributed by atoms with Crippen LogP contribution in [0.3, 0.4) is 0 Å². The first kappa shape index (κ1) is 22.4. The Balaban J connectivity index is 1.49. The molecule has 2 aromatic carbocycles. The minimum absolute atomic E-state index is 0.0884. The number of hydrogen-bond donors (Lipinski definition) is 3. The van der Waals surface area contributed by atoms with Crippen LogP contribution in [0.5, 0.6) is 5.75 Å². The number of rotatable bonds is 6. The first-order valence-corrected chi connectivity index (χ1v) is 9.86. The van der Waals surface area contributed by atoms with E-state index in [1.807, 2.05) is 0 Å². The monoisotopic (exact) mass is 470 g/mol. The topological polar surface area (TPSA) is 92.4 Å². The molecule has 0 aliphatic carbocycles. The third-order valence-electron chi connectivity index (χ3n) is 3.57. The van der Waals surface area contributed by atoms with Gasteiger partial charge in [-0.15, -0.1) is 24.5 Å². The van der Waals surface area contributed by atoms with Gasteiger partial charge in [-0.1, -0.05) is 17.7 Å². The number of halogens is 4. The van der Waals surface area contributed by atoms with E-state index in [2.05, 4.69) is 25.7 Å². The van der Waals surface area contributed by atoms with Gasteiger partial charge in [0.05, 0.1) is 12.1 Å². The third-order valence-corrected chi connectivity index (χ3v) is 4.61. The predicted octanol–water partition coefficient (Wildman–Crippen LogP) is 5.52. The van der Waals surface area contributed by atoms with Crippen molar-refractivity contribution in [2.45, 2.75) is 12.8 Å². The highest BCUT2D eigenvalue weighted by molar-refractivity contribution is 7.14. The van der Waals surface area contributed by atoms with E-state index in [1.54, 1.807) is 29.6 Å². The van der Waals surface area contributed by atoms with Gasteiger partial charge >= 0.3 is 12.4 Å². The number of urea groups is 1. The summed E-state index contributed by atoms with van der Waals surface area (Å²) >= 11 is 7.00. The molecule has 1 heterocycles. The van der Waals surface area contributed by atoms with Crippen molar-refractivity contribution in [2.24, 2.45) is 0 Å². The van der Waals surface area contributed by atoms with Crippen LogP contribution in [0.2, 0.25) is 5.02 Å². The minimum atomic E-state index is -4.79. The van der Waals surface area contributed by atoms with Crippen molar-refractivity contribution >= 4 is 51.4 Å². The molecule has 12 heteroatoms. The van der Waals surface area contributed by atoms with E-state index in [0.29, 0.717) is 22.1 Å². The Morgan fingerprint density at radius 1 is 1.03 bits per heavy atom. The standard InChI is InChI=1S/C19H14ClF3N4O3S/c20-11-2-1-3-13(8-11)25-17(29)27-18-26-14(10-31-18)9-16(28)24-12-4-6-15(7-5-12)30-19(21,22)23/h1-8,10H,9H2,(H,24,28)(H2,25,26,27,29). The molecule has 3 amide bonds. The molecule has 0 fully saturated rings. The van der Waals surface area contributed by atoms with Crippen LogP contribution < -0.4 is 20.7 Å². The highest BCUT2D eigenvalue weighted by Gasteiger charge is 2.30. The number of alkyl halides is 3. The predicted molar refractivity (Wildman–Crippen MR) is 112 cm³/mol. The quantitative estimate of drug-likeness (QED) is 0.442. The highest BCUT2D eigenvalue weighted by Crippen LogP contribution is 2.24. The number of nitrogens with zero attached hydrogens (tertiary/aromatic N) is 1. The van der Waals surface area contributed by atoms with Gasteiger partial charge < -0.3 is 15.4 Å². The number of anilines is 3. The van der Waals surface area contributed by atoms with E-state index in [1.165, 1.54) is 12.1 Å². The number of carbonyl (C=O) groups is 2. The van der Waals surface area contributed by atoms with E-state index >= 15 is 0 Å². The number of benzene rings is 2. The Morgan fingerprint density at radius 3 is 2.45 bits per heavy atom. The van der Waals surface area contributed by atoms with Gasteiger partial charge in [0.2, 0.25) is 5.91 Å². The highest BCUT2D eigenvalue weighted by atomic mass is 35.5. The van der Waals surface area contributed by atoms with Crippen LogP contribution in [0.1, 0.15) is 5.69 Å². The molecule has 162 valence electrons. The number of thiazole rings is 1. The molecule has 0 spiro atoms. The van der Waals surface area contributed by atoms with Crippen LogP contribution in [-0.2, 0) is 11.2 Å². The van der Waals surface area contributed by atoms with Gasteiger partial charge in [-0.3, -0.25) is 10.1 Å². The second kappa shape index (κ2) is 9.67. The number of aromatic nitrogens is 1. The number of ether oxygens (including phenoxy) is 1. The molecule has 1 aromatic heterocycles. The van der Waals surface area contributed by atoms with Gasteiger partial charge in [0.25, 0.3) is 0 Å². The van der Waals surface area contributed by atoms with E-state index in [9.17, 15) is 22.8 Å². The SMILES string of the molecule is O=C(Cc1csc(NC(=O)Nc2cccc(Cl)c2)n1)Nc1ccc(OC(F)(F)F)cc1. The van der Waals surface area contributed by atoms with Crippen LogP contribution in [0.15, 0.2) is 53.9 Å². The zero-order valence-corrected chi connectivity index (χ0v) is 17.1. The molecule has 3 aromatic rings. The van der Waals surface area contributed by atoms with Gasteiger partial charge in [0, 0.05) is 21.8 Å². The average molecular weight is 471 g/mol. The number of hydrogen-bond acceptors (Lipinski definition) is 5. The second-order valence-electron chi connectivity index (χ2n) is 6.03. The van der Waals surface area contributed by atoms with E-state index in [0.717, 1.165) is 23.5 Å². The third kappa shape index (κ3) is 7.46. The smallest absolute Gasteiger partial charge is 0.406 e. The molecule has 0 atom stereocenters. The van der Waals surface area contributed by atoms with Gasteiger partial charge in [-0.05, 0) is 42.5 Å². The lowest BCUT2D eigenvalue weighted by atomic mass is 10.2. The summed E-state index contributed by atoms with van der Waals surface area (Å²) in [5.41, 5.74) is 1.22. The van der Waals surface area contributed by atoms with Crippen molar-refractivity contribution in [2.75, 3.05) is 16.0 Å². The Kier molecular flexibility index (Phi) is 6.98. The number of carbonyl (C=O) groups excluding carboxylic acids is 2. The van der Waals surface area contributed by atoms with Crippen LogP contribution >= 0.6 is 22.9 Å². The molecule has 0 aliphatic heterocycles. The van der Waals surface area contributed by atoms with E-state index < -0.39 is 24.1 Å². The molecule has 0 aliphatic rings. The summed E-state index contributed by atoms with van der Waals surface area (Å²) in [4.78, 5) is 28.3. The van der Waals surface area contributed by atoms with Gasteiger partial charge in [-0.25, -0.2) is 9.78 Å². The lowest BCUT2D eigenvalue weighted by molar-refractivity contribution is -0.274. The maximum absolute atomic E-state index is 12.2. The van der Waals surface area contributed by atoms with Crippen molar-refractivity contribution in [1.29, 1.82) is 0 Å². The summed E-state index contributed by atoms with van der Waals surface area (Å²) < 4.78 is 40.3. The summed E-state index contributed by atoms with van der Waals surface area (Å²) in [5.74, 6) is -0.818. The van der Waals surface area contributed by atoms with E-state index in [4.69, 9.17) is 11.6 Å². The average Bonchev–Trinajstić information content (AvgIpc) is 3.08. The molecule has 0 radical (unpaired) electrons.